The highest BCUT2D eigenvalue weighted by atomic mass is 16.3. The van der Waals surface area contributed by atoms with E-state index in [9.17, 15) is 9.90 Å². The average molecular weight is 279 g/mol. The second kappa shape index (κ2) is 5.09. The van der Waals surface area contributed by atoms with Crippen LogP contribution in [0.25, 0.3) is 10.9 Å². The molecule has 21 heavy (non-hydrogen) atoms. The molecule has 1 N–H and O–H groups in total. The molecule has 3 heteroatoms. The molecule has 0 aliphatic heterocycles. The van der Waals surface area contributed by atoms with Crippen LogP contribution in [0.4, 0.5) is 0 Å². The summed E-state index contributed by atoms with van der Waals surface area (Å²) >= 11 is 0. The van der Waals surface area contributed by atoms with Gasteiger partial charge in [0.1, 0.15) is 0 Å². The molecule has 3 aromatic rings. The van der Waals surface area contributed by atoms with Crippen LogP contribution in [0.15, 0.2) is 48.5 Å². The number of rotatable bonds is 3. The Hall–Kier alpha value is -2.55. The van der Waals surface area contributed by atoms with Crippen molar-refractivity contribution in [2.75, 3.05) is 0 Å². The minimum Gasteiger partial charge on any atom is -0.494 e. The highest BCUT2D eigenvalue weighted by molar-refractivity contribution is 6.09. The number of aryl methyl sites for hydroxylation is 1. The van der Waals surface area contributed by atoms with E-state index in [4.69, 9.17) is 0 Å². The Morgan fingerprint density at radius 3 is 2.52 bits per heavy atom. The van der Waals surface area contributed by atoms with Gasteiger partial charge in [-0.25, -0.2) is 0 Å². The zero-order valence-corrected chi connectivity index (χ0v) is 12.1. The normalized spacial score (nSPS) is 11.0. The zero-order valence-electron chi connectivity index (χ0n) is 12.1. The number of hydrogen-bond acceptors (Lipinski definition) is 2. The van der Waals surface area contributed by atoms with Crippen LogP contribution in [0.1, 0.15) is 28.4 Å². The lowest BCUT2D eigenvalue weighted by Gasteiger charge is -2.07. The molecule has 2 aromatic carbocycles. The van der Waals surface area contributed by atoms with E-state index < -0.39 is 0 Å². The van der Waals surface area contributed by atoms with Crippen molar-refractivity contribution >= 4 is 16.7 Å². The summed E-state index contributed by atoms with van der Waals surface area (Å²) in [4.78, 5) is 11.9. The molecule has 1 heterocycles. The summed E-state index contributed by atoms with van der Waals surface area (Å²) in [6.07, 6.45) is 0. The number of hydrogen-bond donors (Lipinski definition) is 1. The number of Topliss-reactive ketones (excluding diaryl/α,β-unsaturated/α-hetero) is 1. The van der Waals surface area contributed by atoms with Crippen molar-refractivity contribution in [1.29, 1.82) is 0 Å². The number of nitrogens with zero attached hydrogens (tertiary/aromatic N) is 1. The predicted octanol–water partition coefficient (Wildman–Crippen LogP) is 3.91. The topological polar surface area (TPSA) is 42.2 Å². The number of aromatic nitrogens is 1. The third-order valence-electron chi connectivity index (χ3n) is 3.73. The van der Waals surface area contributed by atoms with Gasteiger partial charge in [-0.1, -0.05) is 42.0 Å². The van der Waals surface area contributed by atoms with Crippen LogP contribution in [0.2, 0.25) is 0 Å². The molecule has 1 aromatic heterocycles. The third-order valence-corrected chi connectivity index (χ3v) is 3.73. The molecule has 0 saturated heterocycles. The van der Waals surface area contributed by atoms with Gasteiger partial charge >= 0.3 is 0 Å². The lowest BCUT2D eigenvalue weighted by Crippen LogP contribution is -1.99. The van der Waals surface area contributed by atoms with Gasteiger partial charge in [0.25, 0.3) is 0 Å². The standard InChI is InChI=1S/C18H17NO2/c1-12-8-9-16-15(10-12)17(13(2)20)18(21)19(16)11-14-6-4-3-5-7-14/h3-10,21H,11H2,1-2H3. The summed E-state index contributed by atoms with van der Waals surface area (Å²) in [5, 5.41) is 11.3. The fraction of sp³-hybridized carbons (Fsp3) is 0.167. The van der Waals surface area contributed by atoms with Crippen molar-refractivity contribution in [3.8, 4) is 5.88 Å². The van der Waals surface area contributed by atoms with Gasteiger partial charge in [-0.3, -0.25) is 4.79 Å². The van der Waals surface area contributed by atoms with Crippen molar-refractivity contribution in [2.45, 2.75) is 20.4 Å². The fourth-order valence-corrected chi connectivity index (χ4v) is 2.73. The SMILES string of the molecule is CC(=O)c1c(O)n(Cc2ccccc2)c2ccc(C)cc12. The maximum absolute atomic E-state index is 11.9. The molecule has 0 atom stereocenters. The van der Waals surface area contributed by atoms with Crippen LogP contribution in [-0.4, -0.2) is 15.5 Å². The van der Waals surface area contributed by atoms with Gasteiger partial charge in [-0.15, -0.1) is 0 Å². The Morgan fingerprint density at radius 1 is 1.14 bits per heavy atom. The van der Waals surface area contributed by atoms with Crippen molar-refractivity contribution in [2.24, 2.45) is 0 Å². The van der Waals surface area contributed by atoms with E-state index in [1.807, 2.05) is 55.5 Å². The largest absolute Gasteiger partial charge is 0.494 e. The van der Waals surface area contributed by atoms with Crippen LogP contribution in [0, 0.1) is 6.92 Å². The minimum atomic E-state index is -0.116. The first kappa shape index (κ1) is 13.4. The summed E-state index contributed by atoms with van der Waals surface area (Å²) < 4.78 is 1.79. The Kier molecular flexibility index (Phi) is 3.26. The van der Waals surface area contributed by atoms with E-state index in [0.29, 0.717) is 12.1 Å². The molecule has 106 valence electrons. The fourth-order valence-electron chi connectivity index (χ4n) is 2.73. The zero-order chi connectivity index (χ0) is 15.0. The quantitative estimate of drug-likeness (QED) is 0.739. The van der Waals surface area contributed by atoms with Crippen molar-refractivity contribution in [3.05, 3.63) is 65.2 Å². The number of carbonyl (C=O) groups is 1. The summed E-state index contributed by atoms with van der Waals surface area (Å²) in [7, 11) is 0. The Bertz CT molecular complexity index is 816. The number of aromatic hydroxyl groups is 1. The third kappa shape index (κ3) is 2.31. The number of benzene rings is 2. The second-order valence-electron chi connectivity index (χ2n) is 5.35. The highest BCUT2D eigenvalue weighted by Crippen LogP contribution is 2.33. The monoisotopic (exact) mass is 279 g/mol. The second-order valence-corrected chi connectivity index (χ2v) is 5.35. The van der Waals surface area contributed by atoms with Crippen LogP contribution >= 0.6 is 0 Å². The lowest BCUT2D eigenvalue weighted by atomic mass is 10.1. The van der Waals surface area contributed by atoms with Crippen LogP contribution < -0.4 is 0 Å². The van der Waals surface area contributed by atoms with Gasteiger partial charge in [0, 0.05) is 5.39 Å². The molecular formula is C18H17NO2. The lowest BCUT2D eigenvalue weighted by molar-refractivity contribution is 0.101. The number of fused-ring (bicyclic) bond motifs is 1. The van der Waals surface area contributed by atoms with Crippen molar-refractivity contribution in [3.63, 3.8) is 0 Å². The van der Waals surface area contributed by atoms with Crippen LogP contribution in [0.5, 0.6) is 5.88 Å². The van der Waals surface area contributed by atoms with Gasteiger partial charge in [0.2, 0.25) is 5.88 Å². The van der Waals surface area contributed by atoms with Crippen LogP contribution in [-0.2, 0) is 6.54 Å². The molecule has 0 fully saturated rings. The average Bonchev–Trinajstić information content (AvgIpc) is 2.72. The first-order valence-electron chi connectivity index (χ1n) is 6.94. The van der Waals surface area contributed by atoms with E-state index in [2.05, 4.69) is 0 Å². The Morgan fingerprint density at radius 2 is 1.86 bits per heavy atom. The van der Waals surface area contributed by atoms with E-state index in [0.717, 1.165) is 22.0 Å². The molecule has 0 bridgehead atoms. The molecule has 0 aliphatic carbocycles. The summed E-state index contributed by atoms with van der Waals surface area (Å²) in [6, 6.07) is 15.8. The molecule has 3 rings (SSSR count). The van der Waals surface area contributed by atoms with Crippen molar-refractivity contribution in [1.82, 2.24) is 4.57 Å². The molecule has 0 aliphatic rings. The van der Waals surface area contributed by atoms with Gasteiger partial charge in [0.15, 0.2) is 5.78 Å². The molecule has 0 amide bonds. The van der Waals surface area contributed by atoms with Gasteiger partial charge in [-0.05, 0) is 31.5 Å². The van der Waals surface area contributed by atoms with E-state index in [1.165, 1.54) is 6.92 Å². The summed E-state index contributed by atoms with van der Waals surface area (Å²) in [6.45, 7) is 4.01. The molecule has 0 spiro atoms. The number of carbonyl (C=O) groups excluding carboxylic acids is 1. The van der Waals surface area contributed by atoms with E-state index in [1.54, 1.807) is 4.57 Å². The molecule has 3 nitrogen and oxygen atoms in total. The molecule has 0 radical (unpaired) electrons. The van der Waals surface area contributed by atoms with E-state index >= 15 is 0 Å². The number of ketones is 1. The minimum absolute atomic E-state index is 0.0481. The van der Waals surface area contributed by atoms with E-state index in [-0.39, 0.29) is 11.7 Å². The first-order valence-corrected chi connectivity index (χ1v) is 6.94. The molecule has 0 saturated carbocycles. The maximum atomic E-state index is 11.9. The Balaban J connectivity index is 2.23. The van der Waals surface area contributed by atoms with Crippen LogP contribution in [0.3, 0.4) is 0 Å². The van der Waals surface area contributed by atoms with Gasteiger partial charge in [0.05, 0.1) is 17.6 Å². The molecular weight excluding hydrogens is 262 g/mol. The first-order chi connectivity index (χ1) is 10.1. The molecule has 0 unspecified atom stereocenters. The predicted molar refractivity (Wildman–Crippen MR) is 83.9 cm³/mol. The summed E-state index contributed by atoms with van der Waals surface area (Å²) in [5.74, 6) is -0.0677. The summed E-state index contributed by atoms with van der Waals surface area (Å²) in [5.41, 5.74) is 3.44. The Labute approximate surface area is 123 Å². The van der Waals surface area contributed by atoms with Crippen molar-refractivity contribution < 1.29 is 9.90 Å². The highest BCUT2D eigenvalue weighted by Gasteiger charge is 2.19. The maximum Gasteiger partial charge on any atom is 0.203 e. The smallest absolute Gasteiger partial charge is 0.203 e. The van der Waals surface area contributed by atoms with Gasteiger partial charge in [-0.2, -0.15) is 0 Å². The van der Waals surface area contributed by atoms with Gasteiger partial charge < -0.3 is 9.67 Å².